The molecule has 4 aromatic rings. The molecule has 0 spiro atoms. The zero-order valence-electron chi connectivity index (χ0n) is 17.4. The number of rotatable bonds is 3. The predicted molar refractivity (Wildman–Crippen MR) is 122 cm³/mol. The number of sulfone groups is 1. The predicted octanol–water partition coefficient (Wildman–Crippen LogP) is 3.39. The Bertz CT molecular complexity index is 1480. The van der Waals surface area contributed by atoms with Crippen LogP contribution < -0.4 is 5.14 Å². The lowest BCUT2D eigenvalue weighted by atomic mass is 10.1. The van der Waals surface area contributed by atoms with Crippen LogP contribution in [0.3, 0.4) is 0 Å². The summed E-state index contributed by atoms with van der Waals surface area (Å²) in [5.41, 5.74) is 1.50. The standard InChI is InChI=1S/C12H13NO2S.C10H10N2O2S/c1-3-9-6-11-8-13-5-4-10(11)7-12(9)16(2,14)15;1-7-4-8-2-3-12-6-9(8)5-10(7)15(11,13)14/h4-8H,3H2,1-2H3;2-6H,1H3,(H2,11,13,14). The van der Waals surface area contributed by atoms with Crippen LogP contribution >= 0.6 is 0 Å². The summed E-state index contributed by atoms with van der Waals surface area (Å²) < 4.78 is 45.8. The Morgan fingerprint density at radius 3 is 1.84 bits per heavy atom. The van der Waals surface area contributed by atoms with Crippen molar-refractivity contribution in [2.45, 2.75) is 30.1 Å². The van der Waals surface area contributed by atoms with Gasteiger partial charge in [-0.1, -0.05) is 6.92 Å². The van der Waals surface area contributed by atoms with Crippen LogP contribution in [0.2, 0.25) is 0 Å². The van der Waals surface area contributed by atoms with Gasteiger partial charge >= 0.3 is 0 Å². The molecule has 0 aliphatic carbocycles. The molecule has 0 unspecified atom stereocenters. The first-order chi connectivity index (χ1) is 14.5. The van der Waals surface area contributed by atoms with Crippen LogP contribution in [0.25, 0.3) is 21.5 Å². The third-order valence-corrected chi connectivity index (χ3v) is 7.07. The molecule has 0 saturated heterocycles. The minimum atomic E-state index is -3.65. The lowest BCUT2D eigenvalue weighted by Gasteiger charge is -2.07. The highest BCUT2D eigenvalue weighted by molar-refractivity contribution is 7.90. The molecule has 7 nitrogen and oxygen atoms in total. The highest BCUT2D eigenvalue weighted by Crippen LogP contribution is 2.24. The third kappa shape index (κ3) is 5.25. The van der Waals surface area contributed by atoms with Gasteiger partial charge in [0.1, 0.15) is 0 Å². The van der Waals surface area contributed by atoms with Crippen LogP contribution in [0.1, 0.15) is 18.1 Å². The molecule has 0 radical (unpaired) electrons. The summed E-state index contributed by atoms with van der Waals surface area (Å²) in [6.07, 6.45) is 8.64. The molecule has 0 fully saturated rings. The molecule has 0 aliphatic heterocycles. The quantitative estimate of drug-likeness (QED) is 0.503. The van der Waals surface area contributed by atoms with E-state index < -0.39 is 19.9 Å². The SMILES string of the molecule is CCc1cc2cnccc2cc1S(C)(=O)=O.Cc1cc2ccncc2cc1S(N)(=O)=O. The van der Waals surface area contributed by atoms with Gasteiger partial charge in [0.2, 0.25) is 10.0 Å². The van der Waals surface area contributed by atoms with E-state index in [4.69, 9.17) is 5.14 Å². The van der Waals surface area contributed by atoms with Gasteiger partial charge in [0, 0.05) is 41.8 Å². The van der Waals surface area contributed by atoms with Crippen molar-refractivity contribution in [3.63, 3.8) is 0 Å². The molecule has 9 heteroatoms. The van der Waals surface area contributed by atoms with Gasteiger partial charge in [-0.15, -0.1) is 0 Å². The molecule has 0 saturated carbocycles. The van der Waals surface area contributed by atoms with Crippen LogP contribution in [0.4, 0.5) is 0 Å². The minimum Gasteiger partial charge on any atom is -0.264 e. The maximum atomic E-state index is 11.6. The Kier molecular flexibility index (Phi) is 6.40. The summed E-state index contributed by atoms with van der Waals surface area (Å²) >= 11 is 0. The van der Waals surface area contributed by atoms with Crippen molar-refractivity contribution < 1.29 is 16.8 Å². The number of nitrogens with two attached hydrogens (primary N) is 1. The van der Waals surface area contributed by atoms with E-state index in [0.29, 0.717) is 16.9 Å². The largest absolute Gasteiger partial charge is 0.264 e. The van der Waals surface area contributed by atoms with Crippen molar-refractivity contribution >= 4 is 41.4 Å². The smallest absolute Gasteiger partial charge is 0.238 e. The Morgan fingerprint density at radius 2 is 1.32 bits per heavy atom. The number of pyridine rings is 2. The molecule has 31 heavy (non-hydrogen) atoms. The molecule has 0 amide bonds. The Hall–Kier alpha value is -2.88. The van der Waals surface area contributed by atoms with Crippen LogP contribution in [-0.4, -0.2) is 33.1 Å². The molecule has 2 heterocycles. The van der Waals surface area contributed by atoms with E-state index in [9.17, 15) is 16.8 Å². The number of hydrogen-bond donors (Lipinski definition) is 1. The van der Waals surface area contributed by atoms with Gasteiger partial charge < -0.3 is 0 Å². The molecule has 2 aromatic heterocycles. The Morgan fingerprint density at radius 1 is 0.806 bits per heavy atom. The van der Waals surface area contributed by atoms with Gasteiger partial charge in [0.25, 0.3) is 0 Å². The molecule has 0 atom stereocenters. The van der Waals surface area contributed by atoms with E-state index in [-0.39, 0.29) is 4.90 Å². The number of aromatic nitrogens is 2. The minimum absolute atomic E-state index is 0.156. The van der Waals surface area contributed by atoms with Gasteiger partial charge in [-0.05, 0) is 71.6 Å². The van der Waals surface area contributed by atoms with Crippen molar-refractivity contribution in [1.82, 2.24) is 9.97 Å². The van der Waals surface area contributed by atoms with E-state index >= 15 is 0 Å². The molecule has 2 N–H and O–H groups in total. The molecular weight excluding hydrogens is 434 g/mol. The van der Waals surface area contributed by atoms with Crippen LogP contribution in [0.5, 0.6) is 0 Å². The summed E-state index contributed by atoms with van der Waals surface area (Å²) in [7, 11) is -6.81. The second kappa shape index (κ2) is 8.70. The average Bonchev–Trinajstić information content (AvgIpc) is 2.71. The van der Waals surface area contributed by atoms with E-state index in [1.807, 2.05) is 25.1 Å². The first-order valence-corrected chi connectivity index (χ1v) is 12.9. The van der Waals surface area contributed by atoms with E-state index in [2.05, 4.69) is 9.97 Å². The Balaban J connectivity index is 0.000000176. The zero-order chi connectivity index (χ0) is 22.8. The van der Waals surface area contributed by atoms with Gasteiger partial charge in [-0.25, -0.2) is 22.0 Å². The van der Waals surface area contributed by atoms with Crippen LogP contribution in [0, 0.1) is 6.92 Å². The average molecular weight is 458 g/mol. The summed E-state index contributed by atoms with van der Waals surface area (Å²) in [5, 5.41) is 8.71. The number of benzene rings is 2. The topological polar surface area (TPSA) is 120 Å². The summed E-state index contributed by atoms with van der Waals surface area (Å²) in [4.78, 5) is 8.54. The van der Waals surface area contributed by atoms with Gasteiger partial charge in [-0.2, -0.15) is 0 Å². The van der Waals surface area contributed by atoms with Crippen molar-refractivity contribution in [2.24, 2.45) is 5.14 Å². The monoisotopic (exact) mass is 457 g/mol. The molecule has 162 valence electrons. The lowest BCUT2D eigenvalue weighted by molar-refractivity contribution is 0.596. The fourth-order valence-electron chi connectivity index (χ4n) is 3.32. The van der Waals surface area contributed by atoms with Gasteiger partial charge in [0.15, 0.2) is 9.84 Å². The molecule has 0 aliphatic rings. The van der Waals surface area contributed by atoms with Gasteiger partial charge in [0.05, 0.1) is 9.79 Å². The van der Waals surface area contributed by atoms with E-state index in [1.165, 1.54) is 6.26 Å². The second-order valence-electron chi connectivity index (χ2n) is 7.19. The first-order valence-electron chi connectivity index (χ1n) is 9.44. The van der Waals surface area contributed by atoms with Crippen molar-refractivity contribution in [2.75, 3.05) is 6.26 Å². The fraction of sp³-hybridized carbons (Fsp3) is 0.182. The van der Waals surface area contributed by atoms with Crippen LogP contribution in [-0.2, 0) is 26.3 Å². The van der Waals surface area contributed by atoms with Crippen molar-refractivity contribution in [1.29, 1.82) is 0 Å². The van der Waals surface area contributed by atoms with Gasteiger partial charge in [-0.3, -0.25) is 9.97 Å². The fourth-order valence-corrected chi connectivity index (χ4v) is 5.14. The summed E-state index contributed by atoms with van der Waals surface area (Å²) in [5.74, 6) is 0. The normalized spacial score (nSPS) is 11.9. The van der Waals surface area contributed by atoms with Crippen LogP contribution in [0.15, 0.2) is 71.0 Å². The number of hydrogen-bond acceptors (Lipinski definition) is 6. The number of primary sulfonamides is 1. The molecular formula is C22H23N3O4S2. The molecule has 0 bridgehead atoms. The van der Waals surface area contributed by atoms with Crippen molar-refractivity contribution in [3.8, 4) is 0 Å². The number of sulfonamides is 1. The molecule has 2 aromatic carbocycles. The maximum absolute atomic E-state index is 11.6. The second-order valence-corrected chi connectivity index (χ2v) is 10.7. The van der Waals surface area contributed by atoms with E-state index in [1.54, 1.807) is 49.9 Å². The van der Waals surface area contributed by atoms with E-state index in [0.717, 1.165) is 27.1 Å². The third-order valence-electron chi connectivity index (χ3n) is 4.84. The number of nitrogens with zero attached hydrogens (tertiary/aromatic N) is 2. The zero-order valence-corrected chi connectivity index (χ0v) is 19.0. The number of fused-ring (bicyclic) bond motifs is 2. The summed E-state index contributed by atoms with van der Waals surface area (Å²) in [6.45, 7) is 3.67. The number of aryl methyl sites for hydroxylation is 2. The first kappa shape index (κ1) is 22.8. The highest BCUT2D eigenvalue weighted by Gasteiger charge is 2.13. The van der Waals surface area contributed by atoms with Crippen molar-refractivity contribution in [3.05, 3.63) is 72.3 Å². The Labute approximate surface area is 181 Å². The maximum Gasteiger partial charge on any atom is 0.238 e. The highest BCUT2D eigenvalue weighted by atomic mass is 32.2. The summed E-state index contributed by atoms with van der Waals surface area (Å²) in [6, 6.07) is 10.6. The lowest BCUT2D eigenvalue weighted by Crippen LogP contribution is -2.13. The molecule has 4 rings (SSSR count).